The van der Waals surface area contributed by atoms with Gasteiger partial charge in [-0.05, 0) is 58.1 Å². The van der Waals surface area contributed by atoms with Gasteiger partial charge in [-0.3, -0.25) is 0 Å². The Morgan fingerprint density at radius 3 is 2.50 bits per heavy atom. The summed E-state index contributed by atoms with van der Waals surface area (Å²) in [5, 5.41) is 6.66. The molecule has 1 aromatic heterocycles. The lowest BCUT2D eigenvalue weighted by molar-refractivity contribution is 0.405. The molecule has 5 heteroatoms. The van der Waals surface area contributed by atoms with Crippen LogP contribution in [0.5, 0.6) is 0 Å². The van der Waals surface area contributed by atoms with Crippen molar-refractivity contribution in [3.8, 4) is 0 Å². The van der Waals surface area contributed by atoms with Gasteiger partial charge >= 0.3 is 0 Å². The largest absolute Gasteiger partial charge is 0.370 e. The summed E-state index contributed by atoms with van der Waals surface area (Å²) < 4.78 is 0. The van der Waals surface area contributed by atoms with Crippen molar-refractivity contribution in [3.63, 3.8) is 0 Å². The number of benzene rings is 1. The summed E-state index contributed by atoms with van der Waals surface area (Å²) in [7, 11) is 4.16. The summed E-state index contributed by atoms with van der Waals surface area (Å²) in [5.41, 5.74) is 3.45. The van der Waals surface area contributed by atoms with Gasteiger partial charge in [0.05, 0.1) is 0 Å². The first kappa shape index (κ1) is 16.2. The van der Waals surface area contributed by atoms with Crippen LogP contribution in [0.15, 0.2) is 30.5 Å². The van der Waals surface area contributed by atoms with E-state index in [0.717, 1.165) is 31.0 Å². The van der Waals surface area contributed by atoms with Crippen molar-refractivity contribution in [1.29, 1.82) is 0 Å². The molecule has 0 atom stereocenters. The number of aryl methyl sites for hydroxylation is 2. The summed E-state index contributed by atoms with van der Waals surface area (Å²) >= 11 is 0. The maximum Gasteiger partial charge on any atom is 0.229 e. The molecule has 0 spiro atoms. The lowest BCUT2D eigenvalue weighted by Gasteiger charge is -2.13. The Morgan fingerprint density at radius 2 is 1.82 bits per heavy atom. The molecule has 0 unspecified atom stereocenters. The molecule has 2 aromatic rings. The molecule has 1 heterocycles. The highest BCUT2D eigenvalue weighted by molar-refractivity contribution is 5.63. The predicted molar refractivity (Wildman–Crippen MR) is 92.9 cm³/mol. The van der Waals surface area contributed by atoms with E-state index < -0.39 is 0 Å². The number of rotatable bonds is 7. The smallest absolute Gasteiger partial charge is 0.229 e. The van der Waals surface area contributed by atoms with Gasteiger partial charge in [0.25, 0.3) is 0 Å². The van der Waals surface area contributed by atoms with Gasteiger partial charge in [-0.2, -0.15) is 4.98 Å². The molecule has 0 radical (unpaired) electrons. The zero-order chi connectivity index (χ0) is 15.9. The van der Waals surface area contributed by atoms with Crippen LogP contribution < -0.4 is 10.6 Å². The van der Waals surface area contributed by atoms with Gasteiger partial charge in [0.2, 0.25) is 5.95 Å². The van der Waals surface area contributed by atoms with Crippen LogP contribution in [0.25, 0.3) is 0 Å². The molecule has 0 saturated carbocycles. The molecule has 0 aliphatic carbocycles. The molecule has 0 aliphatic heterocycles. The van der Waals surface area contributed by atoms with Crippen molar-refractivity contribution >= 4 is 17.5 Å². The van der Waals surface area contributed by atoms with E-state index in [1.165, 1.54) is 11.1 Å². The van der Waals surface area contributed by atoms with E-state index in [1.54, 1.807) is 6.20 Å². The maximum absolute atomic E-state index is 4.52. The van der Waals surface area contributed by atoms with Crippen LogP contribution in [-0.2, 0) is 0 Å². The summed E-state index contributed by atoms with van der Waals surface area (Å²) in [6, 6.07) is 8.11. The molecule has 0 bridgehead atoms. The van der Waals surface area contributed by atoms with E-state index in [1.807, 2.05) is 6.07 Å². The molecule has 2 N–H and O–H groups in total. The third kappa shape index (κ3) is 4.70. The second-order valence-corrected chi connectivity index (χ2v) is 5.74. The fourth-order valence-corrected chi connectivity index (χ4v) is 2.25. The Balaban J connectivity index is 1.99. The molecule has 2 rings (SSSR count). The second kappa shape index (κ2) is 7.75. The SMILES string of the molecule is Cc1cccc(C)c1Nc1nccc(NCCCN(C)C)n1. The standard InChI is InChI=1S/C17H25N5/c1-13-7-5-8-14(2)16(13)21-17-19-11-9-15(20-17)18-10-6-12-22(3)4/h5,7-9,11H,6,10,12H2,1-4H3,(H2,18,19,20,21). The van der Waals surface area contributed by atoms with E-state index in [4.69, 9.17) is 0 Å². The summed E-state index contributed by atoms with van der Waals surface area (Å²) in [4.78, 5) is 11.0. The van der Waals surface area contributed by atoms with Gasteiger partial charge in [-0.15, -0.1) is 0 Å². The number of para-hydroxylation sites is 1. The van der Waals surface area contributed by atoms with Crippen LogP contribution in [0, 0.1) is 13.8 Å². The van der Waals surface area contributed by atoms with Crippen LogP contribution in [0.4, 0.5) is 17.5 Å². The van der Waals surface area contributed by atoms with E-state index in [0.29, 0.717) is 5.95 Å². The fourth-order valence-electron chi connectivity index (χ4n) is 2.25. The monoisotopic (exact) mass is 299 g/mol. The van der Waals surface area contributed by atoms with E-state index >= 15 is 0 Å². The number of anilines is 3. The molecule has 5 nitrogen and oxygen atoms in total. The number of aromatic nitrogens is 2. The summed E-state index contributed by atoms with van der Waals surface area (Å²) in [6.07, 6.45) is 2.86. The highest BCUT2D eigenvalue weighted by atomic mass is 15.1. The average molecular weight is 299 g/mol. The minimum atomic E-state index is 0.620. The minimum absolute atomic E-state index is 0.620. The Kier molecular flexibility index (Phi) is 5.72. The van der Waals surface area contributed by atoms with Crippen molar-refractivity contribution in [1.82, 2.24) is 14.9 Å². The second-order valence-electron chi connectivity index (χ2n) is 5.74. The van der Waals surface area contributed by atoms with Crippen molar-refractivity contribution in [3.05, 3.63) is 41.6 Å². The first-order valence-electron chi connectivity index (χ1n) is 7.61. The molecule has 22 heavy (non-hydrogen) atoms. The zero-order valence-corrected chi connectivity index (χ0v) is 13.8. The number of hydrogen-bond donors (Lipinski definition) is 2. The molecule has 0 amide bonds. The van der Waals surface area contributed by atoms with Gasteiger partial charge in [0.15, 0.2) is 0 Å². The third-order valence-corrected chi connectivity index (χ3v) is 3.46. The molecule has 0 fully saturated rings. The quantitative estimate of drug-likeness (QED) is 0.769. The summed E-state index contributed by atoms with van der Waals surface area (Å²) in [5.74, 6) is 1.47. The Labute approximate surface area is 132 Å². The van der Waals surface area contributed by atoms with Crippen LogP contribution in [-0.4, -0.2) is 42.1 Å². The number of hydrogen-bond acceptors (Lipinski definition) is 5. The molecule has 1 aromatic carbocycles. The van der Waals surface area contributed by atoms with Crippen LogP contribution in [0.3, 0.4) is 0 Å². The molecule has 0 aliphatic rings. The zero-order valence-electron chi connectivity index (χ0n) is 13.8. The maximum atomic E-state index is 4.52. The predicted octanol–water partition coefficient (Wildman–Crippen LogP) is 3.20. The van der Waals surface area contributed by atoms with Crippen LogP contribution in [0.2, 0.25) is 0 Å². The first-order chi connectivity index (χ1) is 10.6. The van der Waals surface area contributed by atoms with Crippen molar-refractivity contribution in [2.75, 3.05) is 37.8 Å². The lowest BCUT2D eigenvalue weighted by atomic mass is 10.1. The normalized spacial score (nSPS) is 10.8. The average Bonchev–Trinajstić information content (AvgIpc) is 2.48. The molecule has 118 valence electrons. The van der Waals surface area contributed by atoms with Crippen LogP contribution in [0.1, 0.15) is 17.5 Å². The number of nitrogens with zero attached hydrogens (tertiary/aromatic N) is 3. The number of nitrogens with one attached hydrogen (secondary N) is 2. The van der Waals surface area contributed by atoms with Gasteiger partial charge in [-0.1, -0.05) is 18.2 Å². The first-order valence-corrected chi connectivity index (χ1v) is 7.61. The Bertz CT molecular complexity index is 589. The highest BCUT2D eigenvalue weighted by Crippen LogP contribution is 2.22. The minimum Gasteiger partial charge on any atom is -0.370 e. The fraction of sp³-hybridized carbons (Fsp3) is 0.412. The molecular formula is C17H25N5. The Morgan fingerprint density at radius 1 is 1.09 bits per heavy atom. The van der Waals surface area contributed by atoms with E-state index in [9.17, 15) is 0 Å². The van der Waals surface area contributed by atoms with Gasteiger partial charge < -0.3 is 15.5 Å². The third-order valence-electron chi connectivity index (χ3n) is 3.46. The topological polar surface area (TPSA) is 53.1 Å². The summed E-state index contributed by atoms with van der Waals surface area (Å²) in [6.45, 7) is 6.13. The van der Waals surface area contributed by atoms with Gasteiger partial charge in [0.1, 0.15) is 5.82 Å². The van der Waals surface area contributed by atoms with Crippen molar-refractivity contribution in [2.45, 2.75) is 20.3 Å². The van der Waals surface area contributed by atoms with Crippen LogP contribution >= 0.6 is 0 Å². The van der Waals surface area contributed by atoms with E-state index in [2.05, 4.69) is 71.6 Å². The lowest BCUT2D eigenvalue weighted by Crippen LogP contribution is -2.16. The molecular weight excluding hydrogens is 274 g/mol. The Hall–Kier alpha value is -2.14. The van der Waals surface area contributed by atoms with Crippen molar-refractivity contribution in [2.24, 2.45) is 0 Å². The van der Waals surface area contributed by atoms with Crippen molar-refractivity contribution < 1.29 is 0 Å². The van der Waals surface area contributed by atoms with Gasteiger partial charge in [-0.25, -0.2) is 4.98 Å². The molecule has 0 saturated heterocycles. The highest BCUT2D eigenvalue weighted by Gasteiger charge is 2.05. The van der Waals surface area contributed by atoms with E-state index in [-0.39, 0.29) is 0 Å². The van der Waals surface area contributed by atoms with Gasteiger partial charge in [0, 0.05) is 18.4 Å².